The Balaban J connectivity index is 1.75. The van der Waals surface area contributed by atoms with E-state index < -0.39 is 17.7 Å². The lowest BCUT2D eigenvalue weighted by atomic mass is 9.89. The summed E-state index contributed by atoms with van der Waals surface area (Å²) in [6.45, 7) is 3.65. The Morgan fingerprint density at radius 1 is 1.38 bits per heavy atom. The molecule has 1 N–H and O–H groups in total. The lowest BCUT2D eigenvalue weighted by Gasteiger charge is -2.37. The smallest absolute Gasteiger partial charge is 0.307 e. The van der Waals surface area contributed by atoms with E-state index in [0.717, 1.165) is 6.54 Å². The van der Waals surface area contributed by atoms with Crippen LogP contribution in [0.5, 0.6) is 0 Å². The molecular weight excluding hydrogens is 335 g/mol. The van der Waals surface area contributed by atoms with Crippen molar-refractivity contribution >= 4 is 29.2 Å². The third kappa shape index (κ3) is 3.26. The first-order valence-electron chi connectivity index (χ1n) is 8.10. The first-order chi connectivity index (χ1) is 11.4. The average molecular weight is 355 g/mol. The maximum absolute atomic E-state index is 13.3. The second-order valence-corrected chi connectivity index (χ2v) is 7.13. The zero-order valence-electron chi connectivity index (χ0n) is 13.4. The van der Waals surface area contributed by atoms with Gasteiger partial charge in [-0.15, -0.1) is 0 Å². The van der Waals surface area contributed by atoms with E-state index in [1.807, 2.05) is 11.8 Å². The highest BCUT2D eigenvalue weighted by Gasteiger charge is 2.41. The second kappa shape index (κ2) is 6.69. The largest absolute Gasteiger partial charge is 0.481 e. The van der Waals surface area contributed by atoms with Crippen LogP contribution in [0.4, 0.5) is 10.1 Å². The number of aliphatic carboxylic acids is 1. The van der Waals surface area contributed by atoms with Gasteiger partial charge in [-0.3, -0.25) is 14.5 Å². The van der Waals surface area contributed by atoms with Crippen LogP contribution < -0.4 is 4.90 Å². The van der Waals surface area contributed by atoms with Crippen molar-refractivity contribution in [3.8, 4) is 0 Å². The number of carbonyl (C=O) groups is 2. The van der Waals surface area contributed by atoms with Crippen molar-refractivity contribution in [2.45, 2.75) is 25.8 Å². The summed E-state index contributed by atoms with van der Waals surface area (Å²) in [7, 11) is 0. The summed E-state index contributed by atoms with van der Waals surface area (Å²) in [5.41, 5.74) is 0.578. The van der Waals surface area contributed by atoms with Crippen molar-refractivity contribution in [2.24, 2.45) is 11.8 Å². The Kier molecular flexibility index (Phi) is 4.78. The van der Waals surface area contributed by atoms with E-state index >= 15 is 0 Å². The van der Waals surface area contributed by atoms with Crippen molar-refractivity contribution < 1.29 is 19.1 Å². The van der Waals surface area contributed by atoms with Crippen LogP contribution in [0.15, 0.2) is 18.2 Å². The quantitative estimate of drug-likeness (QED) is 0.906. The van der Waals surface area contributed by atoms with Gasteiger partial charge in [0.25, 0.3) is 0 Å². The van der Waals surface area contributed by atoms with E-state index in [9.17, 15) is 19.1 Å². The SMILES string of the molecule is CC1CC(C(=O)O)CN(C2CCN(c3ccc(F)c(Cl)c3)C2=O)C1. The molecule has 3 rings (SSSR count). The maximum Gasteiger partial charge on any atom is 0.307 e. The standard InChI is InChI=1S/C17H20ClFN2O3/c1-10-6-11(17(23)24)9-20(8-10)15-4-5-21(16(15)22)12-2-3-14(19)13(18)7-12/h2-3,7,10-11,15H,4-6,8-9H2,1H3,(H,23,24). The molecule has 0 saturated carbocycles. The summed E-state index contributed by atoms with van der Waals surface area (Å²) in [4.78, 5) is 27.7. The summed E-state index contributed by atoms with van der Waals surface area (Å²) < 4.78 is 13.3. The van der Waals surface area contributed by atoms with Gasteiger partial charge in [0.05, 0.1) is 17.0 Å². The van der Waals surface area contributed by atoms with Gasteiger partial charge in [0.15, 0.2) is 0 Å². The minimum atomic E-state index is -0.806. The van der Waals surface area contributed by atoms with E-state index in [-0.39, 0.29) is 22.9 Å². The van der Waals surface area contributed by atoms with Crippen LogP contribution in [0.25, 0.3) is 0 Å². The van der Waals surface area contributed by atoms with E-state index in [1.54, 1.807) is 11.0 Å². The van der Waals surface area contributed by atoms with Crippen LogP contribution in [0.1, 0.15) is 19.8 Å². The van der Waals surface area contributed by atoms with Crippen LogP contribution in [0, 0.1) is 17.7 Å². The topological polar surface area (TPSA) is 60.9 Å². The molecule has 0 aliphatic carbocycles. The monoisotopic (exact) mass is 354 g/mol. The van der Waals surface area contributed by atoms with Crippen LogP contribution >= 0.6 is 11.6 Å². The van der Waals surface area contributed by atoms with E-state index in [0.29, 0.717) is 31.6 Å². The van der Waals surface area contributed by atoms with Gasteiger partial charge in [-0.2, -0.15) is 0 Å². The normalized spacial score (nSPS) is 28.4. The number of carboxylic acid groups (broad SMARTS) is 1. The van der Waals surface area contributed by atoms with Crippen molar-refractivity contribution in [3.63, 3.8) is 0 Å². The first kappa shape index (κ1) is 17.2. The van der Waals surface area contributed by atoms with E-state index in [1.165, 1.54) is 12.1 Å². The summed E-state index contributed by atoms with van der Waals surface area (Å²) in [6, 6.07) is 3.93. The fourth-order valence-corrected chi connectivity index (χ4v) is 3.91. The molecule has 1 aromatic carbocycles. The Labute approximate surface area is 145 Å². The molecule has 130 valence electrons. The lowest BCUT2D eigenvalue weighted by molar-refractivity contribution is -0.145. The van der Waals surface area contributed by atoms with Gasteiger partial charge in [-0.05, 0) is 37.0 Å². The molecule has 0 radical (unpaired) electrons. The van der Waals surface area contributed by atoms with Crippen LogP contribution in [-0.2, 0) is 9.59 Å². The molecule has 2 fully saturated rings. The number of nitrogens with zero attached hydrogens (tertiary/aromatic N) is 2. The molecule has 0 aromatic heterocycles. The molecule has 7 heteroatoms. The third-order valence-corrected chi connectivity index (χ3v) is 5.16. The van der Waals surface area contributed by atoms with E-state index in [2.05, 4.69) is 0 Å². The predicted octanol–water partition coefficient (Wildman–Crippen LogP) is 2.63. The molecule has 1 aromatic rings. The summed E-state index contributed by atoms with van der Waals surface area (Å²) >= 11 is 5.81. The number of rotatable bonds is 3. The summed E-state index contributed by atoms with van der Waals surface area (Å²) in [6.07, 6.45) is 1.27. The maximum atomic E-state index is 13.3. The molecule has 1 amide bonds. The number of piperidine rings is 1. The number of hydrogen-bond donors (Lipinski definition) is 1. The van der Waals surface area contributed by atoms with Crippen molar-refractivity contribution in [2.75, 3.05) is 24.5 Å². The molecule has 2 saturated heterocycles. The van der Waals surface area contributed by atoms with Gasteiger partial charge in [-0.25, -0.2) is 4.39 Å². The average Bonchev–Trinajstić information content (AvgIpc) is 2.91. The van der Waals surface area contributed by atoms with Crippen molar-refractivity contribution in [1.82, 2.24) is 4.90 Å². The molecule has 3 unspecified atom stereocenters. The minimum absolute atomic E-state index is 0.0127. The third-order valence-electron chi connectivity index (χ3n) is 4.87. The number of hydrogen-bond acceptors (Lipinski definition) is 3. The number of likely N-dealkylation sites (tertiary alicyclic amines) is 1. The van der Waals surface area contributed by atoms with Crippen molar-refractivity contribution in [1.29, 1.82) is 0 Å². The Hall–Kier alpha value is -1.66. The molecule has 5 nitrogen and oxygen atoms in total. The molecular formula is C17H20ClFN2O3. The number of carbonyl (C=O) groups excluding carboxylic acids is 1. The molecule has 0 spiro atoms. The Bertz CT molecular complexity index is 669. The van der Waals surface area contributed by atoms with Crippen LogP contribution in [0.2, 0.25) is 5.02 Å². The fourth-order valence-electron chi connectivity index (χ4n) is 3.74. The molecule has 2 heterocycles. The summed E-state index contributed by atoms with van der Waals surface area (Å²) in [5.74, 6) is -1.59. The number of carboxylic acids is 1. The highest BCUT2D eigenvalue weighted by Crippen LogP contribution is 2.31. The van der Waals surface area contributed by atoms with Gasteiger partial charge in [0.1, 0.15) is 5.82 Å². The van der Waals surface area contributed by atoms with Crippen LogP contribution in [0.3, 0.4) is 0 Å². The molecule has 2 aliphatic rings. The fraction of sp³-hybridized carbons (Fsp3) is 0.529. The second-order valence-electron chi connectivity index (χ2n) is 6.72. The number of anilines is 1. The number of amides is 1. The molecule has 24 heavy (non-hydrogen) atoms. The Morgan fingerprint density at radius 3 is 2.79 bits per heavy atom. The van der Waals surface area contributed by atoms with Gasteiger partial charge in [0.2, 0.25) is 5.91 Å². The van der Waals surface area contributed by atoms with Gasteiger partial charge >= 0.3 is 5.97 Å². The van der Waals surface area contributed by atoms with Crippen molar-refractivity contribution in [3.05, 3.63) is 29.0 Å². The zero-order valence-corrected chi connectivity index (χ0v) is 14.2. The molecule has 3 atom stereocenters. The Morgan fingerprint density at radius 2 is 2.12 bits per heavy atom. The minimum Gasteiger partial charge on any atom is -0.481 e. The van der Waals surface area contributed by atoms with Gasteiger partial charge in [-0.1, -0.05) is 18.5 Å². The lowest BCUT2D eigenvalue weighted by Crippen LogP contribution is -2.50. The summed E-state index contributed by atoms with van der Waals surface area (Å²) in [5, 5.41) is 9.28. The zero-order chi connectivity index (χ0) is 17.4. The number of benzene rings is 1. The van der Waals surface area contributed by atoms with Crippen LogP contribution in [-0.4, -0.2) is 47.6 Å². The molecule has 0 bridgehead atoms. The number of halogens is 2. The molecule has 2 aliphatic heterocycles. The first-order valence-corrected chi connectivity index (χ1v) is 8.48. The highest BCUT2D eigenvalue weighted by atomic mass is 35.5. The van der Waals surface area contributed by atoms with Gasteiger partial charge in [0, 0.05) is 25.3 Å². The highest BCUT2D eigenvalue weighted by molar-refractivity contribution is 6.31. The van der Waals surface area contributed by atoms with Gasteiger partial charge < -0.3 is 10.0 Å². The predicted molar refractivity (Wildman–Crippen MR) is 88.6 cm³/mol. The van der Waals surface area contributed by atoms with E-state index in [4.69, 9.17) is 11.6 Å².